The molecule has 1 aliphatic rings. The number of benzene rings is 2. The lowest BCUT2D eigenvalue weighted by atomic mass is 9.79. The Labute approximate surface area is 196 Å². The van der Waals surface area contributed by atoms with Gasteiger partial charge in [0.2, 0.25) is 0 Å². The SMILES string of the molecule is CN(CCN(C)C(=O)c1ccc(B2OC(C)(C)C(C)(C)O2)cc1)C(=O)OCc1ccccc1. The van der Waals surface area contributed by atoms with Gasteiger partial charge in [0, 0.05) is 32.7 Å². The van der Waals surface area contributed by atoms with Crippen LogP contribution in [0, 0.1) is 0 Å². The van der Waals surface area contributed by atoms with Crippen molar-refractivity contribution in [2.75, 3.05) is 27.2 Å². The third kappa shape index (κ3) is 5.95. The van der Waals surface area contributed by atoms with Crippen LogP contribution in [0.2, 0.25) is 0 Å². The molecule has 0 bridgehead atoms. The Bertz CT molecular complexity index is 947. The van der Waals surface area contributed by atoms with Crippen molar-refractivity contribution in [2.24, 2.45) is 0 Å². The Hall–Kier alpha value is -2.84. The van der Waals surface area contributed by atoms with Gasteiger partial charge < -0.3 is 23.8 Å². The molecule has 1 heterocycles. The fourth-order valence-electron chi connectivity index (χ4n) is 3.30. The van der Waals surface area contributed by atoms with Crippen LogP contribution in [-0.4, -0.2) is 67.3 Å². The fourth-order valence-corrected chi connectivity index (χ4v) is 3.30. The molecular weight excluding hydrogens is 419 g/mol. The molecule has 0 atom stereocenters. The molecule has 0 unspecified atom stereocenters. The highest BCUT2D eigenvalue weighted by Crippen LogP contribution is 2.36. The largest absolute Gasteiger partial charge is 0.494 e. The van der Waals surface area contributed by atoms with Gasteiger partial charge in [-0.05, 0) is 50.9 Å². The zero-order valence-corrected chi connectivity index (χ0v) is 20.3. The third-order valence-corrected chi connectivity index (χ3v) is 6.32. The molecular formula is C25H33BN2O5. The second-order valence-corrected chi connectivity index (χ2v) is 9.40. The third-order valence-electron chi connectivity index (χ3n) is 6.32. The molecule has 0 spiro atoms. The second-order valence-electron chi connectivity index (χ2n) is 9.40. The molecule has 2 aromatic carbocycles. The fraction of sp³-hybridized carbons (Fsp3) is 0.440. The molecule has 1 saturated heterocycles. The smallest absolute Gasteiger partial charge is 0.445 e. The lowest BCUT2D eigenvalue weighted by Crippen LogP contribution is -2.41. The lowest BCUT2D eigenvalue weighted by molar-refractivity contribution is 0.00578. The zero-order chi connectivity index (χ0) is 24.2. The van der Waals surface area contributed by atoms with Gasteiger partial charge in [0.1, 0.15) is 6.61 Å². The predicted octanol–water partition coefficient (Wildman–Crippen LogP) is 3.33. The molecule has 0 saturated carbocycles. The summed E-state index contributed by atoms with van der Waals surface area (Å²) in [6, 6.07) is 16.8. The number of likely N-dealkylation sites (N-methyl/N-ethyl adjacent to an activating group) is 2. The summed E-state index contributed by atoms with van der Waals surface area (Å²) in [4.78, 5) is 28.1. The van der Waals surface area contributed by atoms with Crippen molar-refractivity contribution >= 4 is 24.6 Å². The average Bonchev–Trinajstić information content (AvgIpc) is 3.02. The number of rotatable bonds is 7. The molecule has 0 aliphatic carbocycles. The summed E-state index contributed by atoms with van der Waals surface area (Å²) in [5.41, 5.74) is 1.53. The van der Waals surface area contributed by atoms with Crippen molar-refractivity contribution < 1.29 is 23.6 Å². The molecule has 0 radical (unpaired) electrons. The first-order valence-electron chi connectivity index (χ1n) is 11.1. The monoisotopic (exact) mass is 452 g/mol. The molecule has 0 N–H and O–H groups in total. The summed E-state index contributed by atoms with van der Waals surface area (Å²) < 4.78 is 17.5. The molecule has 33 heavy (non-hydrogen) atoms. The Morgan fingerprint density at radius 3 is 1.97 bits per heavy atom. The van der Waals surface area contributed by atoms with E-state index in [1.54, 1.807) is 31.1 Å². The number of ether oxygens (including phenoxy) is 1. The van der Waals surface area contributed by atoms with Crippen molar-refractivity contribution in [3.8, 4) is 0 Å². The summed E-state index contributed by atoms with van der Waals surface area (Å²) in [5, 5.41) is 0. The van der Waals surface area contributed by atoms with Crippen LogP contribution in [0.5, 0.6) is 0 Å². The topological polar surface area (TPSA) is 68.3 Å². The molecule has 1 fully saturated rings. The Balaban J connectivity index is 1.49. The number of hydrogen-bond acceptors (Lipinski definition) is 5. The molecule has 1 aliphatic heterocycles. The molecule has 8 heteroatoms. The maximum atomic E-state index is 12.8. The van der Waals surface area contributed by atoms with Gasteiger partial charge in [0.15, 0.2) is 0 Å². The quantitative estimate of drug-likeness (QED) is 0.603. The highest BCUT2D eigenvalue weighted by Gasteiger charge is 2.51. The van der Waals surface area contributed by atoms with Crippen molar-refractivity contribution in [1.82, 2.24) is 9.80 Å². The summed E-state index contributed by atoms with van der Waals surface area (Å²) in [7, 11) is 2.91. The lowest BCUT2D eigenvalue weighted by Gasteiger charge is -2.32. The normalized spacial score (nSPS) is 16.4. The van der Waals surface area contributed by atoms with Gasteiger partial charge in [-0.2, -0.15) is 0 Å². The van der Waals surface area contributed by atoms with E-state index in [-0.39, 0.29) is 12.5 Å². The number of nitrogens with zero attached hydrogens (tertiary/aromatic N) is 2. The first-order chi connectivity index (χ1) is 15.5. The Morgan fingerprint density at radius 2 is 1.39 bits per heavy atom. The van der Waals surface area contributed by atoms with E-state index in [4.69, 9.17) is 14.0 Å². The van der Waals surface area contributed by atoms with Gasteiger partial charge >= 0.3 is 13.2 Å². The summed E-state index contributed by atoms with van der Waals surface area (Å²) >= 11 is 0. The number of amides is 2. The van der Waals surface area contributed by atoms with Gasteiger partial charge in [0.25, 0.3) is 5.91 Å². The Kier molecular flexibility index (Phi) is 7.49. The van der Waals surface area contributed by atoms with Crippen LogP contribution in [-0.2, 0) is 20.7 Å². The van der Waals surface area contributed by atoms with Gasteiger partial charge in [-0.3, -0.25) is 4.79 Å². The van der Waals surface area contributed by atoms with Crippen molar-refractivity contribution in [3.05, 3.63) is 65.7 Å². The molecule has 0 aromatic heterocycles. The standard InChI is InChI=1S/C25H33BN2O5/c1-24(2)25(3,4)33-26(32-24)21-14-12-20(13-15-21)22(29)27(5)16-17-28(6)23(30)31-18-19-10-8-7-9-11-19/h7-15H,16-18H2,1-6H3. The average molecular weight is 452 g/mol. The first kappa shape index (κ1) is 24.8. The van der Waals surface area contributed by atoms with E-state index in [1.165, 1.54) is 4.90 Å². The van der Waals surface area contributed by atoms with Crippen molar-refractivity contribution in [1.29, 1.82) is 0 Å². The minimum atomic E-state index is -0.465. The summed E-state index contributed by atoms with van der Waals surface area (Å²) in [6.45, 7) is 9.00. The van der Waals surface area contributed by atoms with E-state index in [9.17, 15) is 9.59 Å². The van der Waals surface area contributed by atoms with E-state index in [0.29, 0.717) is 18.7 Å². The van der Waals surface area contributed by atoms with Crippen LogP contribution in [0.4, 0.5) is 4.79 Å². The van der Waals surface area contributed by atoms with Gasteiger partial charge in [0.05, 0.1) is 11.2 Å². The van der Waals surface area contributed by atoms with E-state index in [2.05, 4.69) is 0 Å². The van der Waals surface area contributed by atoms with E-state index in [1.807, 2.05) is 70.2 Å². The van der Waals surface area contributed by atoms with Crippen LogP contribution in [0.1, 0.15) is 43.6 Å². The van der Waals surface area contributed by atoms with Crippen molar-refractivity contribution in [3.63, 3.8) is 0 Å². The summed E-state index contributed by atoms with van der Waals surface area (Å²) in [5.74, 6) is -0.124. The van der Waals surface area contributed by atoms with Crippen LogP contribution >= 0.6 is 0 Å². The van der Waals surface area contributed by atoms with E-state index < -0.39 is 24.4 Å². The first-order valence-corrected chi connectivity index (χ1v) is 11.1. The number of carbonyl (C=O) groups is 2. The zero-order valence-electron chi connectivity index (χ0n) is 20.3. The highest BCUT2D eigenvalue weighted by atomic mass is 16.7. The van der Waals surface area contributed by atoms with Crippen molar-refractivity contribution in [2.45, 2.75) is 45.5 Å². The van der Waals surface area contributed by atoms with Gasteiger partial charge in [-0.25, -0.2) is 4.79 Å². The molecule has 176 valence electrons. The van der Waals surface area contributed by atoms with Crippen LogP contribution < -0.4 is 5.46 Å². The maximum Gasteiger partial charge on any atom is 0.494 e. The minimum absolute atomic E-state index is 0.124. The van der Waals surface area contributed by atoms with Crippen LogP contribution in [0.25, 0.3) is 0 Å². The molecule has 2 aromatic rings. The Morgan fingerprint density at radius 1 is 0.848 bits per heavy atom. The second kappa shape index (κ2) is 9.97. The predicted molar refractivity (Wildman–Crippen MR) is 128 cm³/mol. The number of hydrogen-bond donors (Lipinski definition) is 0. The van der Waals surface area contributed by atoms with Crippen LogP contribution in [0.15, 0.2) is 54.6 Å². The highest BCUT2D eigenvalue weighted by molar-refractivity contribution is 6.62. The molecule has 2 amide bonds. The van der Waals surface area contributed by atoms with Gasteiger partial charge in [-0.1, -0.05) is 42.5 Å². The minimum Gasteiger partial charge on any atom is -0.445 e. The van der Waals surface area contributed by atoms with Crippen LogP contribution in [0.3, 0.4) is 0 Å². The van der Waals surface area contributed by atoms with E-state index >= 15 is 0 Å². The van der Waals surface area contributed by atoms with Gasteiger partial charge in [-0.15, -0.1) is 0 Å². The summed E-state index contributed by atoms with van der Waals surface area (Å²) in [6.07, 6.45) is -0.425. The van der Waals surface area contributed by atoms with E-state index in [0.717, 1.165) is 11.0 Å². The maximum absolute atomic E-state index is 12.8. The molecule has 7 nitrogen and oxygen atoms in total. The molecule has 3 rings (SSSR count). The number of carbonyl (C=O) groups excluding carboxylic acids is 2.